The molecule has 28 heavy (non-hydrogen) atoms. The Kier molecular flexibility index (Phi) is 6.96. The van der Waals surface area contributed by atoms with Crippen LogP contribution in [-0.4, -0.2) is 19.2 Å². The van der Waals surface area contributed by atoms with Crippen LogP contribution < -0.4 is 10.3 Å². The van der Waals surface area contributed by atoms with E-state index in [4.69, 9.17) is 0 Å². The minimum absolute atomic E-state index is 0.0624. The molecule has 0 aromatic heterocycles. The second-order valence-electron chi connectivity index (χ2n) is 6.62. The summed E-state index contributed by atoms with van der Waals surface area (Å²) in [5, 5.41) is 4.06. The van der Waals surface area contributed by atoms with Gasteiger partial charge in [-0.2, -0.15) is 5.10 Å². The number of aryl methyl sites for hydroxylation is 1. The third kappa shape index (κ3) is 5.81. The van der Waals surface area contributed by atoms with Gasteiger partial charge in [0.2, 0.25) is 5.91 Å². The number of hydrogen-bond donors (Lipinski definition) is 1. The molecule has 4 heteroatoms. The first-order valence-corrected chi connectivity index (χ1v) is 9.47. The molecule has 0 bridgehead atoms. The molecule has 0 radical (unpaired) electrons. The average molecular weight is 371 g/mol. The molecule has 142 valence electrons. The van der Waals surface area contributed by atoms with Gasteiger partial charge in [0.05, 0.1) is 6.21 Å². The fraction of sp³-hybridized carbons (Fsp3) is 0.167. The topological polar surface area (TPSA) is 44.7 Å². The molecule has 1 amide bonds. The molecule has 0 atom stereocenters. The lowest BCUT2D eigenvalue weighted by Gasteiger charge is -2.19. The average Bonchev–Trinajstić information content (AvgIpc) is 2.75. The summed E-state index contributed by atoms with van der Waals surface area (Å²) in [6, 6.07) is 28.4. The van der Waals surface area contributed by atoms with E-state index in [2.05, 4.69) is 39.7 Å². The Balaban J connectivity index is 1.44. The van der Waals surface area contributed by atoms with Crippen molar-refractivity contribution >= 4 is 23.5 Å². The highest BCUT2D eigenvalue weighted by Crippen LogP contribution is 2.22. The van der Waals surface area contributed by atoms with E-state index < -0.39 is 0 Å². The van der Waals surface area contributed by atoms with Crippen molar-refractivity contribution in [3.05, 3.63) is 96.1 Å². The third-order valence-corrected chi connectivity index (χ3v) is 4.54. The zero-order valence-electron chi connectivity index (χ0n) is 16.1. The number of amides is 1. The largest absolute Gasteiger partial charge is 0.345 e. The second-order valence-corrected chi connectivity index (χ2v) is 6.62. The molecule has 0 aliphatic rings. The number of carbonyl (C=O) groups excluding carboxylic acids is 1. The van der Waals surface area contributed by atoms with Gasteiger partial charge < -0.3 is 4.90 Å². The third-order valence-electron chi connectivity index (χ3n) is 4.54. The first-order chi connectivity index (χ1) is 13.7. The quantitative estimate of drug-likeness (QED) is 0.451. The number of hydrogen-bond acceptors (Lipinski definition) is 3. The molecule has 0 saturated heterocycles. The van der Waals surface area contributed by atoms with Crippen LogP contribution in [0.4, 0.5) is 11.4 Å². The number of rotatable bonds is 8. The van der Waals surface area contributed by atoms with E-state index in [9.17, 15) is 4.79 Å². The van der Waals surface area contributed by atoms with E-state index in [1.807, 2.05) is 67.7 Å². The van der Waals surface area contributed by atoms with Gasteiger partial charge in [0.15, 0.2) is 0 Å². The molecule has 4 nitrogen and oxygen atoms in total. The Morgan fingerprint density at radius 2 is 1.50 bits per heavy atom. The molecule has 3 aromatic rings. The molecule has 0 spiro atoms. The monoisotopic (exact) mass is 371 g/mol. The highest BCUT2D eigenvalue weighted by molar-refractivity contribution is 5.83. The van der Waals surface area contributed by atoms with Gasteiger partial charge in [0, 0.05) is 24.8 Å². The maximum absolute atomic E-state index is 11.9. The summed E-state index contributed by atoms with van der Waals surface area (Å²) < 4.78 is 0. The molecule has 0 aliphatic carbocycles. The minimum atomic E-state index is -0.0624. The zero-order chi connectivity index (χ0) is 19.6. The van der Waals surface area contributed by atoms with Gasteiger partial charge in [0.25, 0.3) is 0 Å². The van der Waals surface area contributed by atoms with Gasteiger partial charge in [-0.15, -0.1) is 0 Å². The lowest BCUT2D eigenvalue weighted by molar-refractivity contribution is -0.121. The van der Waals surface area contributed by atoms with Crippen molar-refractivity contribution in [2.45, 2.75) is 19.3 Å². The number of hydrazone groups is 1. The SMILES string of the molecule is CN(c1ccccc1)c1ccc(/C=N\NC(=O)CCCc2ccccc2)cc1. The van der Waals surface area contributed by atoms with E-state index in [0.717, 1.165) is 29.8 Å². The van der Waals surface area contributed by atoms with Crippen LogP contribution in [0.25, 0.3) is 0 Å². The van der Waals surface area contributed by atoms with Crippen LogP contribution in [-0.2, 0) is 11.2 Å². The number of benzene rings is 3. The standard InChI is InChI=1S/C24H25N3O/c1-27(22-12-6-3-7-13-22)23-17-15-21(16-18-23)19-25-26-24(28)14-8-11-20-9-4-2-5-10-20/h2-7,9-10,12-13,15-19H,8,11,14H2,1H3,(H,26,28)/b25-19-. The van der Waals surface area contributed by atoms with E-state index in [1.165, 1.54) is 5.56 Å². The normalized spacial score (nSPS) is 10.8. The van der Waals surface area contributed by atoms with Crippen molar-refractivity contribution in [1.82, 2.24) is 5.43 Å². The first kappa shape index (κ1) is 19.4. The maximum atomic E-state index is 11.9. The molecular formula is C24H25N3O. The Morgan fingerprint density at radius 1 is 0.893 bits per heavy atom. The summed E-state index contributed by atoms with van der Waals surface area (Å²) in [5.74, 6) is -0.0624. The Morgan fingerprint density at radius 3 is 2.18 bits per heavy atom. The summed E-state index contributed by atoms with van der Waals surface area (Å²) in [6.45, 7) is 0. The van der Waals surface area contributed by atoms with E-state index >= 15 is 0 Å². The van der Waals surface area contributed by atoms with Gasteiger partial charge in [-0.25, -0.2) is 5.43 Å². The summed E-state index contributed by atoms with van der Waals surface area (Å²) in [5.41, 5.74) is 7.01. The number of carbonyl (C=O) groups is 1. The predicted molar refractivity (Wildman–Crippen MR) is 116 cm³/mol. The van der Waals surface area contributed by atoms with E-state index in [0.29, 0.717) is 6.42 Å². The maximum Gasteiger partial charge on any atom is 0.240 e. The van der Waals surface area contributed by atoms with Crippen molar-refractivity contribution in [3.8, 4) is 0 Å². The van der Waals surface area contributed by atoms with Crippen molar-refractivity contribution in [1.29, 1.82) is 0 Å². The van der Waals surface area contributed by atoms with Gasteiger partial charge >= 0.3 is 0 Å². The number of nitrogens with zero attached hydrogens (tertiary/aromatic N) is 2. The number of anilines is 2. The summed E-state index contributed by atoms with van der Waals surface area (Å²) in [4.78, 5) is 14.0. The highest BCUT2D eigenvalue weighted by atomic mass is 16.2. The Hall–Kier alpha value is -3.40. The number of para-hydroxylation sites is 1. The van der Waals surface area contributed by atoms with Gasteiger partial charge in [-0.1, -0.05) is 60.7 Å². The molecule has 1 N–H and O–H groups in total. The van der Waals surface area contributed by atoms with Crippen LogP contribution in [0.3, 0.4) is 0 Å². The van der Waals surface area contributed by atoms with Crippen LogP contribution in [0.5, 0.6) is 0 Å². The first-order valence-electron chi connectivity index (χ1n) is 9.47. The predicted octanol–water partition coefficient (Wildman–Crippen LogP) is 4.93. The lowest BCUT2D eigenvalue weighted by Crippen LogP contribution is -2.17. The number of nitrogens with one attached hydrogen (secondary N) is 1. The second kappa shape index (κ2) is 10.1. The summed E-state index contributed by atoms with van der Waals surface area (Å²) in [7, 11) is 2.04. The summed E-state index contributed by atoms with van der Waals surface area (Å²) in [6.07, 6.45) is 3.84. The molecule has 0 unspecified atom stereocenters. The van der Waals surface area contributed by atoms with Gasteiger partial charge in [-0.3, -0.25) is 4.79 Å². The smallest absolute Gasteiger partial charge is 0.240 e. The van der Waals surface area contributed by atoms with Crippen molar-refractivity contribution in [2.24, 2.45) is 5.10 Å². The van der Waals surface area contributed by atoms with Gasteiger partial charge in [-0.05, 0) is 48.2 Å². The molecular weight excluding hydrogens is 346 g/mol. The Bertz CT molecular complexity index is 890. The Labute approximate surface area is 166 Å². The fourth-order valence-electron chi connectivity index (χ4n) is 2.92. The van der Waals surface area contributed by atoms with Crippen molar-refractivity contribution < 1.29 is 4.79 Å². The summed E-state index contributed by atoms with van der Waals surface area (Å²) >= 11 is 0. The van der Waals surface area contributed by atoms with Crippen molar-refractivity contribution in [2.75, 3.05) is 11.9 Å². The van der Waals surface area contributed by atoms with Crippen LogP contribution in [0, 0.1) is 0 Å². The molecule has 0 saturated carbocycles. The lowest BCUT2D eigenvalue weighted by atomic mass is 10.1. The minimum Gasteiger partial charge on any atom is -0.345 e. The van der Waals surface area contributed by atoms with E-state index in [-0.39, 0.29) is 5.91 Å². The van der Waals surface area contributed by atoms with Crippen LogP contribution in [0.2, 0.25) is 0 Å². The molecule has 3 rings (SSSR count). The molecule has 3 aromatic carbocycles. The molecule has 0 aliphatic heterocycles. The molecule has 0 fully saturated rings. The molecule has 0 heterocycles. The highest BCUT2D eigenvalue weighted by Gasteiger charge is 2.03. The van der Waals surface area contributed by atoms with Crippen molar-refractivity contribution in [3.63, 3.8) is 0 Å². The van der Waals surface area contributed by atoms with Gasteiger partial charge in [0.1, 0.15) is 0 Å². The zero-order valence-corrected chi connectivity index (χ0v) is 16.1. The van der Waals surface area contributed by atoms with E-state index in [1.54, 1.807) is 6.21 Å². The van der Waals surface area contributed by atoms with Crippen LogP contribution in [0.15, 0.2) is 90.0 Å². The van der Waals surface area contributed by atoms with Crippen LogP contribution in [0.1, 0.15) is 24.0 Å². The van der Waals surface area contributed by atoms with Crippen LogP contribution >= 0.6 is 0 Å². The fourth-order valence-corrected chi connectivity index (χ4v) is 2.92.